The number of hydrogen-bond donors (Lipinski definition) is 4. The molecule has 0 amide bonds. The predicted molar refractivity (Wildman–Crippen MR) is 117 cm³/mol. The Hall–Kier alpha value is -1.42. The smallest absolute Gasteiger partial charge is 0.115 e. The van der Waals surface area contributed by atoms with Crippen molar-refractivity contribution in [2.24, 2.45) is 22.9 Å². The van der Waals surface area contributed by atoms with E-state index in [2.05, 4.69) is 6.07 Å². The fraction of sp³-hybridized carbons (Fsp3) is 0.900. The molecule has 0 spiro atoms. The molecular weight excluding hydrogens is 420 g/mol. The molecule has 0 saturated heterocycles. The summed E-state index contributed by atoms with van der Waals surface area (Å²) in [5.74, 6) is 0. The Bertz CT molecular complexity index is 504. The Labute approximate surface area is 190 Å². The van der Waals surface area contributed by atoms with Gasteiger partial charge in [-0.3, -0.25) is 0 Å². The maximum absolute atomic E-state index is 8.96. The second kappa shape index (κ2) is 22.8. The van der Waals surface area contributed by atoms with Crippen molar-refractivity contribution in [2.45, 2.75) is 37.3 Å². The first kappa shape index (κ1) is 30.6. The number of nitriles is 2. The van der Waals surface area contributed by atoms with Crippen LogP contribution in [0.5, 0.6) is 0 Å². The molecule has 0 aromatic heterocycles. The molecule has 0 aliphatic rings. The largest absolute Gasteiger partial charge is 0.378 e. The summed E-state index contributed by atoms with van der Waals surface area (Å²) in [6, 6.07) is 4.08. The van der Waals surface area contributed by atoms with Gasteiger partial charge in [0.1, 0.15) is 24.4 Å². The summed E-state index contributed by atoms with van der Waals surface area (Å²) in [5, 5.41) is 17.7. The maximum atomic E-state index is 8.96. The van der Waals surface area contributed by atoms with Crippen LogP contribution in [0, 0.1) is 22.7 Å². The fourth-order valence-electron chi connectivity index (χ4n) is 2.79. The molecule has 186 valence electrons. The Balaban J connectivity index is 5.75. The maximum Gasteiger partial charge on any atom is 0.115 e. The van der Waals surface area contributed by atoms with Crippen molar-refractivity contribution < 1.29 is 28.4 Å². The van der Waals surface area contributed by atoms with E-state index in [4.69, 9.17) is 61.9 Å². The van der Waals surface area contributed by atoms with Crippen molar-refractivity contribution in [3.05, 3.63) is 0 Å². The highest BCUT2D eigenvalue weighted by molar-refractivity contribution is 4.87. The first-order chi connectivity index (χ1) is 15.7. The lowest BCUT2D eigenvalue weighted by Crippen LogP contribution is -2.53. The average molecular weight is 461 g/mol. The summed E-state index contributed by atoms with van der Waals surface area (Å²) >= 11 is 0. The normalized spacial score (nSPS) is 14.9. The minimum atomic E-state index is -0.687. The van der Waals surface area contributed by atoms with Crippen molar-refractivity contribution in [3.63, 3.8) is 0 Å². The Kier molecular flexibility index (Phi) is 21.8. The van der Waals surface area contributed by atoms with Gasteiger partial charge in [-0.05, 0) is 0 Å². The van der Waals surface area contributed by atoms with Gasteiger partial charge < -0.3 is 51.4 Å². The molecule has 0 aliphatic carbocycles. The second-order valence-electron chi connectivity index (χ2n) is 6.61. The first-order valence-electron chi connectivity index (χ1n) is 10.9. The average Bonchev–Trinajstić information content (AvgIpc) is 2.80. The van der Waals surface area contributed by atoms with Crippen molar-refractivity contribution in [1.82, 2.24) is 0 Å². The van der Waals surface area contributed by atoms with Crippen LogP contribution in [-0.2, 0) is 28.4 Å². The molecule has 0 rings (SSSR count). The second-order valence-corrected chi connectivity index (χ2v) is 6.61. The third-order valence-corrected chi connectivity index (χ3v) is 4.09. The zero-order chi connectivity index (χ0) is 23.9. The van der Waals surface area contributed by atoms with E-state index < -0.39 is 24.4 Å². The zero-order valence-corrected chi connectivity index (χ0v) is 18.9. The van der Waals surface area contributed by atoms with Crippen molar-refractivity contribution >= 4 is 0 Å². The third-order valence-electron chi connectivity index (χ3n) is 4.09. The van der Waals surface area contributed by atoms with Crippen LogP contribution < -0.4 is 22.9 Å². The molecule has 0 aromatic rings. The SMILES string of the molecule is N#CCCOC[C@@H](OCCN)[C@@H](OCCC#N)[C@H](OCCN)[C@H](COCCN)OCCN. The Morgan fingerprint density at radius 3 is 1.41 bits per heavy atom. The summed E-state index contributed by atoms with van der Waals surface area (Å²) in [5.41, 5.74) is 22.5. The van der Waals surface area contributed by atoms with Crippen molar-refractivity contribution in [2.75, 3.05) is 79.0 Å². The van der Waals surface area contributed by atoms with Crippen LogP contribution in [0.4, 0.5) is 0 Å². The molecule has 32 heavy (non-hydrogen) atoms. The van der Waals surface area contributed by atoms with Gasteiger partial charge >= 0.3 is 0 Å². The molecule has 0 aliphatic heterocycles. The molecule has 12 nitrogen and oxygen atoms in total. The monoisotopic (exact) mass is 460 g/mol. The molecular formula is C20H40N6O6. The van der Waals surface area contributed by atoms with Gasteiger partial charge in [0, 0.05) is 26.2 Å². The number of nitrogens with zero attached hydrogens (tertiary/aromatic N) is 2. The molecule has 0 saturated carbocycles. The molecule has 0 bridgehead atoms. The Morgan fingerprint density at radius 1 is 0.531 bits per heavy atom. The summed E-state index contributed by atoms with van der Waals surface area (Å²) in [7, 11) is 0. The number of rotatable bonds is 23. The number of hydrogen-bond acceptors (Lipinski definition) is 12. The predicted octanol–water partition coefficient (Wildman–Crippen LogP) is -1.78. The topological polar surface area (TPSA) is 207 Å². The van der Waals surface area contributed by atoms with E-state index in [1.165, 1.54) is 0 Å². The lowest BCUT2D eigenvalue weighted by Gasteiger charge is -2.37. The van der Waals surface area contributed by atoms with Crippen LogP contribution in [0.25, 0.3) is 0 Å². The summed E-state index contributed by atoms with van der Waals surface area (Å²) < 4.78 is 35.1. The van der Waals surface area contributed by atoms with Gasteiger partial charge in [-0.1, -0.05) is 0 Å². The number of nitrogens with two attached hydrogens (primary N) is 4. The summed E-state index contributed by atoms with van der Waals surface area (Å²) in [6.45, 7) is 3.06. The quantitative estimate of drug-likeness (QED) is 0.125. The van der Waals surface area contributed by atoms with Gasteiger partial charge in [-0.2, -0.15) is 10.5 Å². The van der Waals surface area contributed by atoms with Crippen LogP contribution in [-0.4, -0.2) is 103 Å². The van der Waals surface area contributed by atoms with Crippen LogP contribution >= 0.6 is 0 Å². The molecule has 0 fully saturated rings. The van der Waals surface area contributed by atoms with E-state index >= 15 is 0 Å². The highest BCUT2D eigenvalue weighted by atomic mass is 16.6. The van der Waals surface area contributed by atoms with Gasteiger partial charge in [0.2, 0.25) is 0 Å². The highest BCUT2D eigenvalue weighted by Crippen LogP contribution is 2.20. The van der Waals surface area contributed by atoms with Crippen molar-refractivity contribution in [3.8, 4) is 12.1 Å². The van der Waals surface area contributed by atoms with E-state index in [9.17, 15) is 0 Å². The van der Waals surface area contributed by atoms with E-state index in [1.807, 2.05) is 6.07 Å². The first-order valence-corrected chi connectivity index (χ1v) is 10.9. The minimum absolute atomic E-state index is 0.134. The molecule has 12 heteroatoms. The molecule has 4 atom stereocenters. The summed E-state index contributed by atoms with van der Waals surface area (Å²) in [6.07, 6.45) is -2.09. The Morgan fingerprint density at radius 2 is 0.938 bits per heavy atom. The van der Waals surface area contributed by atoms with Gasteiger partial charge in [0.05, 0.1) is 77.8 Å². The lowest BCUT2D eigenvalue weighted by molar-refractivity contribution is -0.194. The van der Waals surface area contributed by atoms with E-state index in [1.54, 1.807) is 0 Å². The molecule has 0 heterocycles. The molecule has 0 unspecified atom stereocenters. The van der Waals surface area contributed by atoms with Crippen LogP contribution in [0.3, 0.4) is 0 Å². The van der Waals surface area contributed by atoms with Crippen molar-refractivity contribution in [1.29, 1.82) is 10.5 Å². The number of ether oxygens (including phenoxy) is 6. The van der Waals surface area contributed by atoms with E-state index in [-0.39, 0.29) is 65.6 Å². The zero-order valence-electron chi connectivity index (χ0n) is 18.9. The highest BCUT2D eigenvalue weighted by Gasteiger charge is 2.38. The molecule has 8 N–H and O–H groups in total. The van der Waals surface area contributed by atoms with Gasteiger partial charge in [0.15, 0.2) is 0 Å². The van der Waals surface area contributed by atoms with Crippen LogP contribution in [0.2, 0.25) is 0 Å². The molecule has 0 aromatic carbocycles. The standard InChI is InChI=1S/C20H40N6O6/c21-3-1-9-27-15-17(29-12-6-24)19(31-10-2-4-22)20(32-14-8-26)18(30-13-7-25)16-28-11-5-23/h17-20H,1-2,5-16,23-26H2/t17-,18+,19-,20-/m1/s1. The van der Waals surface area contributed by atoms with Gasteiger partial charge in [-0.15, -0.1) is 0 Å². The van der Waals surface area contributed by atoms with Crippen LogP contribution in [0.15, 0.2) is 0 Å². The molecule has 0 radical (unpaired) electrons. The third kappa shape index (κ3) is 14.6. The summed E-state index contributed by atoms with van der Waals surface area (Å²) in [4.78, 5) is 0. The van der Waals surface area contributed by atoms with Gasteiger partial charge in [-0.25, -0.2) is 0 Å². The lowest BCUT2D eigenvalue weighted by atomic mass is 10.0. The fourth-order valence-corrected chi connectivity index (χ4v) is 2.79. The van der Waals surface area contributed by atoms with Gasteiger partial charge in [0.25, 0.3) is 0 Å². The minimum Gasteiger partial charge on any atom is -0.378 e. The van der Waals surface area contributed by atoms with E-state index in [0.29, 0.717) is 26.2 Å². The van der Waals surface area contributed by atoms with E-state index in [0.717, 1.165) is 0 Å². The van der Waals surface area contributed by atoms with Crippen LogP contribution in [0.1, 0.15) is 12.8 Å².